The molecule has 2 aromatic carbocycles. The maximum atomic E-state index is 13.9. The highest BCUT2D eigenvalue weighted by molar-refractivity contribution is 6.00. The van der Waals surface area contributed by atoms with E-state index < -0.39 is 77.7 Å². The predicted molar refractivity (Wildman–Crippen MR) is 175 cm³/mol. The molecule has 2 amide bonds. The lowest BCUT2D eigenvalue weighted by atomic mass is 10.1. The molecule has 1 aliphatic carbocycles. The van der Waals surface area contributed by atoms with Gasteiger partial charge in [-0.2, -0.15) is 8.78 Å². The molecule has 254 valence electrons. The molecule has 0 radical (unpaired) electrons. The van der Waals surface area contributed by atoms with Gasteiger partial charge in [0.2, 0.25) is 17.5 Å². The van der Waals surface area contributed by atoms with Crippen molar-refractivity contribution in [3.8, 4) is 5.75 Å². The second-order valence-corrected chi connectivity index (χ2v) is 10.3. The van der Waals surface area contributed by atoms with E-state index in [1.54, 1.807) is 36.5 Å². The Bertz CT molecular complexity index is 1760. The van der Waals surface area contributed by atoms with Gasteiger partial charge >= 0.3 is 5.97 Å². The summed E-state index contributed by atoms with van der Waals surface area (Å²) < 4.78 is 59.3. The number of halogens is 4. The van der Waals surface area contributed by atoms with Crippen LogP contribution in [0.5, 0.6) is 5.75 Å². The summed E-state index contributed by atoms with van der Waals surface area (Å²) in [5.41, 5.74) is 2.03. The lowest BCUT2D eigenvalue weighted by Crippen LogP contribution is -2.51. The monoisotopic (exact) mass is 676 g/mol. The topological polar surface area (TPSA) is 122 Å². The van der Waals surface area contributed by atoms with Crippen molar-refractivity contribution < 1.29 is 46.6 Å². The third-order valence-electron chi connectivity index (χ3n) is 6.62. The van der Waals surface area contributed by atoms with Crippen LogP contribution in [0.2, 0.25) is 0 Å². The van der Waals surface area contributed by atoms with Gasteiger partial charge in [0.1, 0.15) is 18.7 Å². The number of nitrogens with one attached hydrogen (secondary N) is 2. The second-order valence-electron chi connectivity index (χ2n) is 10.3. The molecule has 3 N–H and O–H groups in total. The summed E-state index contributed by atoms with van der Waals surface area (Å²) in [6, 6.07) is 14.3. The molecule has 0 heterocycles. The molecule has 8 nitrogen and oxygen atoms in total. The molecule has 0 aromatic heterocycles. The van der Waals surface area contributed by atoms with E-state index in [9.17, 15) is 41.8 Å². The van der Waals surface area contributed by atoms with Gasteiger partial charge in [0, 0.05) is 11.6 Å². The molecule has 2 aromatic rings. The van der Waals surface area contributed by atoms with Crippen molar-refractivity contribution in [1.82, 2.24) is 10.6 Å². The molecule has 1 unspecified atom stereocenters. The van der Waals surface area contributed by atoms with Crippen molar-refractivity contribution in [3.63, 3.8) is 0 Å². The maximum Gasteiger partial charge on any atom is 0.305 e. The van der Waals surface area contributed by atoms with Crippen LogP contribution in [0.15, 0.2) is 127 Å². The number of hydrogen-bond acceptors (Lipinski definition) is 5. The van der Waals surface area contributed by atoms with Crippen LogP contribution in [-0.4, -0.2) is 47.4 Å². The highest BCUT2D eigenvalue weighted by atomic mass is 19.2. The number of carboxylic acids is 1. The average molecular weight is 677 g/mol. The first kappa shape index (κ1) is 37.4. The predicted octanol–water partition coefficient (Wildman–Crippen LogP) is 6.03. The highest BCUT2D eigenvalue weighted by Crippen LogP contribution is 2.26. The summed E-state index contributed by atoms with van der Waals surface area (Å²) in [5.74, 6) is -13.2. The van der Waals surface area contributed by atoms with Crippen LogP contribution in [0, 0.1) is 23.3 Å². The van der Waals surface area contributed by atoms with Gasteiger partial charge in [-0.3, -0.25) is 19.2 Å². The molecule has 0 saturated carbocycles. The first-order chi connectivity index (χ1) is 23.5. The molecule has 1 aliphatic rings. The molecule has 2 atom stereocenters. The molecule has 0 spiro atoms. The minimum atomic E-state index is -1.90. The van der Waals surface area contributed by atoms with E-state index in [4.69, 9.17) is 0 Å². The minimum Gasteiger partial charge on any atom is -0.481 e. The van der Waals surface area contributed by atoms with Crippen LogP contribution < -0.4 is 15.4 Å². The van der Waals surface area contributed by atoms with Crippen molar-refractivity contribution in [3.05, 3.63) is 156 Å². The Hall–Kier alpha value is -6.04. The van der Waals surface area contributed by atoms with Crippen LogP contribution in [0.1, 0.15) is 18.9 Å². The fourth-order valence-corrected chi connectivity index (χ4v) is 4.09. The van der Waals surface area contributed by atoms with E-state index in [-0.39, 0.29) is 11.6 Å². The number of amides is 2. The SMILES string of the molecule is C[C@H](NC(=O)C1=C\C=C/C=C\C(c2ccccccccc2)=C/C=C\C=C1)C(=O)NC(CC(=O)O)C(=O)COc1c(F)c(F)cc(F)c1F. The Balaban J connectivity index is 1.68. The summed E-state index contributed by atoms with van der Waals surface area (Å²) in [6.45, 7) is 0.0407. The van der Waals surface area contributed by atoms with Crippen molar-refractivity contribution in [2.45, 2.75) is 25.4 Å². The third kappa shape index (κ3) is 11.9. The maximum absolute atomic E-state index is 13.9. The smallest absolute Gasteiger partial charge is 0.305 e. The van der Waals surface area contributed by atoms with Crippen LogP contribution >= 0.6 is 0 Å². The van der Waals surface area contributed by atoms with Gasteiger partial charge in [-0.25, -0.2) is 8.78 Å². The summed E-state index contributed by atoms with van der Waals surface area (Å²) >= 11 is 0. The second kappa shape index (κ2) is 18.9. The Morgan fingerprint density at radius 1 is 0.755 bits per heavy atom. The Labute approximate surface area is 279 Å². The van der Waals surface area contributed by atoms with Crippen molar-refractivity contribution >= 4 is 29.1 Å². The summed E-state index contributed by atoms with van der Waals surface area (Å²) in [4.78, 5) is 49.9. The Kier molecular flexibility index (Phi) is 14.5. The number of carbonyl (C=O) groups excluding carboxylic acids is 3. The number of ketones is 1. The van der Waals surface area contributed by atoms with Gasteiger partial charge < -0.3 is 20.5 Å². The number of Topliss-reactive ketones (excluding diaryl/α,β-unsaturated/α-hetero) is 1. The summed E-state index contributed by atoms with van der Waals surface area (Å²) in [7, 11) is 0. The molecule has 0 fully saturated rings. The van der Waals surface area contributed by atoms with Gasteiger partial charge in [-0.15, -0.1) is 0 Å². The normalized spacial score (nSPS) is 16.8. The van der Waals surface area contributed by atoms with Crippen molar-refractivity contribution in [2.75, 3.05) is 6.61 Å². The van der Waals surface area contributed by atoms with E-state index in [2.05, 4.69) is 15.4 Å². The lowest BCUT2D eigenvalue weighted by Gasteiger charge is -2.20. The van der Waals surface area contributed by atoms with Gasteiger partial charge in [0.15, 0.2) is 23.2 Å². The van der Waals surface area contributed by atoms with Crippen LogP contribution in [-0.2, 0) is 19.2 Å². The Morgan fingerprint density at radius 3 is 1.94 bits per heavy atom. The van der Waals surface area contributed by atoms with E-state index in [1.165, 1.54) is 19.1 Å². The van der Waals surface area contributed by atoms with Gasteiger partial charge in [-0.05, 0) is 30.2 Å². The summed E-state index contributed by atoms with van der Waals surface area (Å²) in [6.07, 6.45) is 16.1. The highest BCUT2D eigenvalue weighted by Gasteiger charge is 2.28. The van der Waals surface area contributed by atoms with Crippen LogP contribution in [0.25, 0.3) is 5.57 Å². The number of carboxylic acid groups (broad SMARTS) is 1. The van der Waals surface area contributed by atoms with E-state index in [1.807, 2.05) is 66.7 Å². The Morgan fingerprint density at radius 2 is 1.33 bits per heavy atom. The molecular weight excluding hydrogens is 644 g/mol. The fraction of sp³-hybridized carbons (Fsp3) is 0.135. The zero-order chi connectivity index (χ0) is 35.8. The number of benzene rings is 1. The van der Waals surface area contributed by atoms with E-state index >= 15 is 0 Å². The fourth-order valence-electron chi connectivity index (χ4n) is 4.09. The van der Waals surface area contributed by atoms with Gasteiger partial charge in [0.05, 0.1) is 6.42 Å². The molecule has 3 rings (SSSR count). The average Bonchev–Trinajstić information content (AvgIpc) is 3.05. The molecule has 0 aliphatic heterocycles. The van der Waals surface area contributed by atoms with Crippen molar-refractivity contribution in [1.29, 1.82) is 0 Å². The van der Waals surface area contributed by atoms with Gasteiger partial charge in [-0.1, -0.05) is 103 Å². The molecule has 0 bridgehead atoms. The van der Waals surface area contributed by atoms with Crippen molar-refractivity contribution in [2.24, 2.45) is 0 Å². The molecule has 49 heavy (non-hydrogen) atoms. The number of rotatable bonds is 11. The number of carbonyl (C=O) groups is 4. The third-order valence-corrected chi connectivity index (χ3v) is 6.62. The number of aliphatic carboxylic acids is 1. The van der Waals surface area contributed by atoms with E-state index in [0.717, 1.165) is 11.1 Å². The first-order valence-corrected chi connectivity index (χ1v) is 14.8. The number of ether oxygens (including phenoxy) is 1. The number of allylic oxidation sites excluding steroid dienone is 10. The van der Waals surface area contributed by atoms with Gasteiger partial charge in [0.25, 0.3) is 5.91 Å². The van der Waals surface area contributed by atoms with Crippen LogP contribution in [0.4, 0.5) is 17.6 Å². The summed E-state index contributed by atoms with van der Waals surface area (Å²) in [5, 5.41) is 13.8. The van der Waals surface area contributed by atoms with E-state index in [0.29, 0.717) is 0 Å². The molecule has 12 heteroatoms. The van der Waals surface area contributed by atoms with Crippen LogP contribution in [0.3, 0.4) is 0 Å². The zero-order valence-electron chi connectivity index (χ0n) is 26.1. The lowest BCUT2D eigenvalue weighted by molar-refractivity contribution is -0.140. The minimum absolute atomic E-state index is 0.0560. The molecule has 0 saturated heterocycles. The standard InChI is InChI=1S/C37H32F4N2O6/c1-24(36(47)43-30(22-32(45)46)31(44)23-49-35-33(40)28(38)21-29(39)34(35)41)42-37(48)27-19-13-7-11-17-26(18-12-8-14-20-27)25-15-9-5-3-2-4-6-10-16-25/h2-21,24,30H,22-23H2,1H3,(H,42,48)(H,43,47)(H,45,46)/b3-2?,4-2?,5-3?,6-4?,9-5?,10-6?,11-7-,12-8?,13-7?,14-8-,15-9?,16-10?,17-11?,18-12-,19-13?,20-14?,25-15?,25-16?,26-17+,26-18?,27-19?,27-20?/t24-,30?/m0/s1. The quantitative estimate of drug-likeness (QED) is 0.198. The zero-order valence-corrected chi connectivity index (χ0v) is 26.1. The largest absolute Gasteiger partial charge is 0.481 e. The molecular formula is C37H32F4N2O6. The first-order valence-electron chi connectivity index (χ1n) is 14.8. The number of hydrogen-bond donors (Lipinski definition) is 3.